The van der Waals surface area contributed by atoms with Crippen LogP contribution < -0.4 is 10.6 Å². The Morgan fingerprint density at radius 3 is 2.52 bits per heavy atom. The summed E-state index contributed by atoms with van der Waals surface area (Å²) in [6.07, 6.45) is 8.89. The molecule has 0 radical (unpaired) electrons. The molecule has 0 unspecified atom stereocenters. The number of rotatable bonds is 9. The number of thiophene rings is 1. The molecule has 0 aliphatic heterocycles. The molecule has 1 aliphatic rings. The number of carbonyl (C=O) groups excluding carboxylic acids is 2. The molecule has 1 saturated carbocycles. The minimum atomic E-state index is -0.102. The molecule has 2 aromatic carbocycles. The van der Waals surface area contributed by atoms with E-state index in [0.717, 1.165) is 65.3 Å². The second-order valence-corrected chi connectivity index (χ2v) is 11.8. The summed E-state index contributed by atoms with van der Waals surface area (Å²) in [6, 6.07) is 20.3. The molecule has 3 amide bonds. The van der Waals surface area contributed by atoms with Crippen LogP contribution in [0.3, 0.4) is 0 Å². The number of amides is 3. The van der Waals surface area contributed by atoms with Gasteiger partial charge in [-0.3, -0.25) is 9.78 Å². The highest BCUT2D eigenvalue weighted by atomic mass is 35.5. The Balaban J connectivity index is 1.36. The van der Waals surface area contributed by atoms with Crippen molar-refractivity contribution in [3.8, 4) is 11.1 Å². The van der Waals surface area contributed by atoms with Gasteiger partial charge in [0.1, 0.15) is 4.88 Å². The van der Waals surface area contributed by atoms with Gasteiger partial charge in [0, 0.05) is 47.7 Å². The fraction of sp³-hybridized carbons (Fsp3) is 0.344. The summed E-state index contributed by atoms with van der Waals surface area (Å²) in [4.78, 5) is 33.2. The van der Waals surface area contributed by atoms with Gasteiger partial charge in [0.2, 0.25) is 0 Å². The molecule has 2 aromatic heterocycles. The number of aromatic nitrogens is 1. The topological polar surface area (TPSA) is 74.3 Å². The second kappa shape index (κ2) is 13.3. The van der Waals surface area contributed by atoms with Crippen LogP contribution in [-0.2, 0) is 6.54 Å². The smallest absolute Gasteiger partial charge is 0.315 e. The van der Waals surface area contributed by atoms with Crippen molar-refractivity contribution in [2.45, 2.75) is 64.1 Å². The van der Waals surface area contributed by atoms with Gasteiger partial charge in [0.05, 0.1) is 5.02 Å². The third-order valence-corrected chi connectivity index (χ3v) is 9.24. The van der Waals surface area contributed by atoms with Crippen molar-refractivity contribution < 1.29 is 9.59 Å². The number of hydrogen-bond donors (Lipinski definition) is 2. The first-order valence-corrected chi connectivity index (χ1v) is 15.2. The fourth-order valence-corrected chi connectivity index (χ4v) is 6.85. The third-order valence-electron chi connectivity index (χ3n) is 7.57. The Morgan fingerprint density at radius 1 is 1.00 bits per heavy atom. The fourth-order valence-electron chi connectivity index (χ4n) is 5.39. The predicted molar refractivity (Wildman–Crippen MR) is 164 cm³/mol. The highest BCUT2D eigenvalue weighted by Gasteiger charge is 2.32. The van der Waals surface area contributed by atoms with Crippen molar-refractivity contribution in [2.75, 3.05) is 6.54 Å². The number of fused-ring (bicyclic) bond motifs is 1. The highest BCUT2D eigenvalue weighted by Crippen LogP contribution is 2.37. The molecule has 0 bridgehead atoms. The predicted octanol–water partition coefficient (Wildman–Crippen LogP) is 7.67. The van der Waals surface area contributed by atoms with Crippen LogP contribution in [0.5, 0.6) is 0 Å². The van der Waals surface area contributed by atoms with Crippen LogP contribution in [0.25, 0.3) is 21.2 Å². The van der Waals surface area contributed by atoms with Crippen LogP contribution in [0.1, 0.15) is 60.7 Å². The lowest BCUT2D eigenvalue weighted by atomic mass is 9.89. The first kappa shape index (κ1) is 28.1. The van der Waals surface area contributed by atoms with Crippen molar-refractivity contribution in [3.63, 3.8) is 0 Å². The lowest BCUT2D eigenvalue weighted by Gasteiger charge is -2.37. The van der Waals surface area contributed by atoms with Gasteiger partial charge in [-0.15, -0.1) is 11.3 Å². The molecule has 8 heteroatoms. The van der Waals surface area contributed by atoms with Gasteiger partial charge in [-0.05, 0) is 73.1 Å². The van der Waals surface area contributed by atoms with Crippen LogP contribution in [0.2, 0.25) is 5.02 Å². The summed E-state index contributed by atoms with van der Waals surface area (Å²) in [5.41, 5.74) is 3.25. The summed E-state index contributed by atoms with van der Waals surface area (Å²) in [6.45, 7) is 3.28. The number of nitrogens with zero attached hydrogens (tertiary/aromatic N) is 2. The summed E-state index contributed by atoms with van der Waals surface area (Å²) < 4.78 is 1.01. The third kappa shape index (κ3) is 6.65. The second-order valence-electron chi connectivity index (χ2n) is 10.4. The maximum absolute atomic E-state index is 14.2. The maximum atomic E-state index is 14.2. The summed E-state index contributed by atoms with van der Waals surface area (Å²) in [5, 5.41) is 7.51. The highest BCUT2D eigenvalue weighted by molar-refractivity contribution is 7.21. The number of pyridine rings is 1. The molecule has 1 fully saturated rings. The number of unbranched alkanes of at least 4 members (excludes halogenated alkanes) is 1. The van der Waals surface area contributed by atoms with E-state index in [0.29, 0.717) is 23.0 Å². The summed E-state index contributed by atoms with van der Waals surface area (Å²) >= 11 is 8.24. The number of benzene rings is 2. The zero-order valence-electron chi connectivity index (χ0n) is 22.7. The maximum Gasteiger partial charge on any atom is 0.315 e. The molecule has 40 heavy (non-hydrogen) atoms. The number of carbonyl (C=O) groups is 2. The van der Waals surface area contributed by atoms with Gasteiger partial charge in [-0.2, -0.15) is 0 Å². The van der Waals surface area contributed by atoms with E-state index in [1.807, 2.05) is 47.4 Å². The van der Waals surface area contributed by atoms with E-state index in [2.05, 4.69) is 40.7 Å². The van der Waals surface area contributed by atoms with Crippen LogP contribution in [0.15, 0.2) is 73.1 Å². The van der Waals surface area contributed by atoms with E-state index < -0.39 is 0 Å². The Labute approximate surface area is 244 Å². The van der Waals surface area contributed by atoms with Crippen LogP contribution in [0, 0.1) is 0 Å². The largest absolute Gasteiger partial charge is 0.338 e. The molecule has 1 aliphatic carbocycles. The summed E-state index contributed by atoms with van der Waals surface area (Å²) in [7, 11) is 0. The Morgan fingerprint density at radius 2 is 1.77 bits per heavy atom. The molecule has 4 aromatic rings. The van der Waals surface area contributed by atoms with E-state index in [1.165, 1.54) is 11.3 Å². The van der Waals surface area contributed by atoms with Gasteiger partial charge < -0.3 is 15.5 Å². The standard InChI is InChI=1S/C32H35ClN4O2S/c1-2-3-17-35-32(39)36-25-11-13-26(14-12-25)37(31(38)30-29(33)27-9-4-5-10-28(27)40-30)21-22-7-6-8-24(20-22)23-15-18-34-19-16-23/h4-10,15-16,18-20,25-26H,2-3,11-14,17,21H2,1H3,(H2,35,36,39). The van der Waals surface area contributed by atoms with E-state index in [4.69, 9.17) is 11.6 Å². The summed E-state index contributed by atoms with van der Waals surface area (Å²) in [5.74, 6) is -0.0331. The minimum Gasteiger partial charge on any atom is -0.338 e. The first-order valence-electron chi connectivity index (χ1n) is 14.0. The van der Waals surface area contributed by atoms with Crippen molar-refractivity contribution in [3.05, 3.63) is 88.5 Å². The number of halogens is 1. The molecular weight excluding hydrogens is 540 g/mol. The van der Waals surface area contributed by atoms with Gasteiger partial charge in [-0.1, -0.05) is 61.3 Å². The SMILES string of the molecule is CCCCNC(=O)NC1CCC(N(Cc2cccc(-c3ccncc3)c2)C(=O)c2sc3ccccc3c2Cl)CC1. The first-order chi connectivity index (χ1) is 19.5. The molecule has 5 rings (SSSR count). The molecule has 0 saturated heterocycles. The molecule has 6 nitrogen and oxygen atoms in total. The average Bonchev–Trinajstić information content (AvgIpc) is 3.33. The van der Waals surface area contributed by atoms with Crippen LogP contribution >= 0.6 is 22.9 Å². The lowest BCUT2D eigenvalue weighted by molar-refractivity contribution is 0.0606. The van der Waals surface area contributed by atoms with Crippen LogP contribution in [0.4, 0.5) is 4.79 Å². The van der Waals surface area contributed by atoms with Crippen LogP contribution in [-0.4, -0.2) is 40.5 Å². The zero-order chi connectivity index (χ0) is 27.9. The average molecular weight is 575 g/mol. The normalized spacial score (nSPS) is 16.9. The van der Waals surface area contributed by atoms with Crippen molar-refractivity contribution in [2.24, 2.45) is 0 Å². The Hall–Kier alpha value is -3.42. The number of nitrogens with one attached hydrogen (secondary N) is 2. The van der Waals surface area contributed by atoms with E-state index >= 15 is 0 Å². The molecule has 2 N–H and O–H groups in total. The van der Waals surface area contributed by atoms with E-state index in [-0.39, 0.29) is 24.0 Å². The minimum absolute atomic E-state index is 0.0331. The molecule has 0 spiro atoms. The molecule has 0 atom stereocenters. The quantitative estimate of drug-likeness (QED) is 0.201. The molecular formula is C32H35ClN4O2S. The molecule has 2 heterocycles. The molecule has 208 valence electrons. The lowest BCUT2D eigenvalue weighted by Crippen LogP contribution is -2.48. The van der Waals surface area contributed by atoms with Gasteiger partial charge in [0.15, 0.2) is 0 Å². The van der Waals surface area contributed by atoms with Gasteiger partial charge in [-0.25, -0.2) is 4.79 Å². The number of hydrogen-bond acceptors (Lipinski definition) is 4. The Bertz CT molecular complexity index is 1450. The van der Waals surface area contributed by atoms with Gasteiger partial charge in [0.25, 0.3) is 5.91 Å². The monoisotopic (exact) mass is 574 g/mol. The van der Waals surface area contributed by atoms with E-state index in [1.54, 1.807) is 12.4 Å². The zero-order valence-corrected chi connectivity index (χ0v) is 24.3. The van der Waals surface area contributed by atoms with Crippen molar-refractivity contribution in [1.29, 1.82) is 0 Å². The Kier molecular flexibility index (Phi) is 9.34. The number of urea groups is 1. The van der Waals surface area contributed by atoms with Crippen molar-refractivity contribution >= 4 is 45.0 Å². The van der Waals surface area contributed by atoms with E-state index in [9.17, 15) is 9.59 Å². The van der Waals surface area contributed by atoms with Crippen molar-refractivity contribution in [1.82, 2.24) is 20.5 Å². The van der Waals surface area contributed by atoms with Gasteiger partial charge >= 0.3 is 6.03 Å².